The number of pyridine rings is 1. The number of amides is 1. The number of alkyl halides is 5. The molecule has 44 heavy (non-hydrogen) atoms. The van der Waals surface area contributed by atoms with Gasteiger partial charge in [0.1, 0.15) is 37.1 Å². The Bertz CT molecular complexity index is 1580. The SMILES string of the molecule is COc1cc(C(=O)NCC(c2cc3c(c(-c4ccc(C(F)(F)F)cc4)n2)OCC3(CF)CF)C2CC2)cc(/C=C(/C)N)c1N. The molecule has 5 rings (SSSR count). The fraction of sp³-hybridized carbons (Fsp3) is 0.375. The van der Waals surface area contributed by atoms with E-state index in [1.165, 1.54) is 25.3 Å². The number of aromatic nitrogens is 1. The molecule has 1 unspecified atom stereocenters. The van der Waals surface area contributed by atoms with Crippen molar-refractivity contribution in [3.05, 3.63) is 76.1 Å². The zero-order chi connectivity index (χ0) is 31.8. The second-order valence-electron chi connectivity index (χ2n) is 11.4. The van der Waals surface area contributed by atoms with Gasteiger partial charge in [-0.3, -0.25) is 4.79 Å². The Morgan fingerprint density at radius 3 is 2.43 bits per heavy atom. The highest BCUT2D eigenvalue weighted by molar-refractivity contribution is 5.96. The molecule has 0 bridgehead atoms. The number of benzene rings is 2. The number of methoxy groups -OCH3 is 1. The Morgan fingerprint density at radius 1 is 1.18 bits per heavy atom. The molecular weight excluding hydrogens is 583 g/mol. The first-order valence-corrected chi connectivity index (χ1v) is 14.1. The Hall–Kier alpha value is -4.35. The van der Waals surface area contributed by atoms with Gasteiger partial charge in [-0.2, -0.15) is 13.2 Å². The summed E-state index contributed by atoms with van der Waals surface area (Å²) in [6.45, 7) is -0.497. The summed E-state index contributed by atoms with van der Waals surface area (Å²) >= 11 is 0. The third kappa shape index (κ3) is 6.02. The molecule has 2 aromatic carbocycles. The van der Waals surface area contributed by atoms with Crippen molar-refractivity contribution >= 4 is 17.7 Å². The maximum atomic E-state index is 14.3. The summed E-state index contributed by atoms with van der Waals surface area (Å²) in [5.41, 5.74) is 12.4. The molecule has 234 valence electrons. The lowest BCUT2D eigenvalue weighted by atomic mass is 9.83. The fourth-order valence-electron chi connectivity index (χ4n) is 5.47. The fourth-order valence-corrected chi connectivity index (χ4v) is 5.47. The molecule has 1 saturated carbocycles. The van der Waals surface area contributed by atoms with Gasteiger partial charge >= 0.3 is 6.18 Å². The standard InChI is InChI=1S/C32H33F5N4O3/c1-17(38)9-20-10-21(11-26(43-2)27(20)39)30(42)40-13-23(18-3-4-18)25-12-24-29(44-16-31(24,14-33)15-34)28(41-25)19-5-7-22(8-6-19)32(35,36)37/h5-12,18,23H,3-4,13-16,38-39H2,1-2H3,(H,40,42)/b17-9-. The number of nitrogen functional groups attached to an aromatic ring is 1. The zero-order valence-corrected chi connectivity index (χ0v) is 24.2. The number of anilines is 1. The molecule has 1 aliphatic carbocycles. The summed E-state index contributed by atoms with van der Waals surface area (Å²) in [5.74, 6) is -0.164. The lowest BCUT2D eigenvalue weighted by molar-refractivity contribution is -0.137. The van der Waals surface area contributed by atoms with Crippen LogP contribution in [0.1, 0.15) is 58.4 Å². The molecular formula is C32H33F5N4O3. The van der Waals surface area contributed by atoms with Gasteiger partial charge < -0.3 is 26.3 Å². The Labute approximate surface area is 251 Å². The molecule has 1 amide bonds. The molecule has 1 fully saturated rings. The smallest absolute Gasteiger partial charge is 0.416 e. The van der Waals surface area contributed by atoms with Crippen LogP contribution in [0.25, 0.3) is 17.3 Å². The molecule has 7 nitrogen and oxygen atoms in total. The molecule has 2 heterocycles. The van der Waals surface area contributed by atoms with Crippen molar-refractivity contribution < 1.29 is 36.2 Å². The van der Waals surface area contributed by atoms with Crippen LogP contribution in [0.2, 0.25) is 0 Å². The first-order valence-electron chi connectivity index (χ1n) is 14.1. The number of hydrogen-bond acceptors (Lipinski definition) is 6. The van der Waals surface area contributed by atoms with Gasteiger partial charge in [0.05, 0.1) is 23.8 Å². The van der Waals surface area contributed by atoms with Crippen LogP contribution < -0.4 is 26.3 Å². The number of carbonyl (C=O) groups is 1. The third-order valence-electron chi connectivity index (χ3n) is 8.15. The largest absolute Gasteiger partial charge is 0.495 e. The van der Waals surface area contributed by atoms with E-state index in [2.05, 4.69) is 5.32 Å². The quantitative estimate of drug-likeness (QED) is 0.186. The van der Waals surface area contributed by atoms with Gasteiger partial charge in [-0.15, -0.1) is 0 Å². The number of carbonyl (C=O) groups excluding carboxylic acids is 1. The minimum absolute atomic E-state index is 0.133. The highest BCUT2D eigenvalue weighted by Gasteiger charge is 2.45. The van der Waals surface area contributed by atoms with Crippen molar-refractivity contribution in [3.63, 3.8) is 0 Å². The monoisotopic (exact) mass is 616 g/mol. The van der Waals surface area contributed by atoms with Gasteiger partial charge in [0.15, 0.2) is 0 Å². The number of rotatable bonds is 10. The summed E-state index contributed by atoms with van der Waals surface area (Å²) in [6, 6.07) is 9.12. The van der Waals surface area contributed by atoms with E-state index < -0.39 is 36.4 Å². The van der Waals surface area contributed by atoms with Gasteiger partial charge in [0.25, 0.3) is 5.91 Å². The number of nitrogens with two attached hydrogens (primary N) is 2. The number of hydrogen-bond donors (Lipinski definition) is 3. The van der Waals surface area contributed by atoms with E-state index in [9.17, 15) is 26.7 Å². The minimum atomic E-state index is -4.53. The van der Waals surface area contributed by atoms with Crippen LogP contribution in [0.3, 0.4) is 0 Å². The van der Waals surface area contributed by atoms with Gasteiger partial charge in [0, 0.05) is 46.1 Å². The number of ether oxygens (including phenoxy) is 2. The van der Waals surface area contributed by atoms with Crippen molar-refractivity contribution in [1.82, 2.24) is 10.3 Å². The maximum Gasteiger partial charge on any atom is 0.416 e. The third-order valence-corrected chi connectivity index (χ3v) is 8.15. The summed E-state index contributed by atoms with van der Waals surface area (Å²) < 4.78 is 79.5. The predicted molar refractivity (Wildman–Crippen MR) is 157 cm³/mol. The molecule has 0 saturated heterocycles. The molecule has 12 heteroatoms. The second-order valence-corrected chi connectivity index (χ2v) is 11.4. The van der Waals surface area contributed by atoms with Crippen LogP contribution in [0.5, 0.6) is 11.5 Å². The Balaban J connectivity index is 1.51. The Kier molecular flexibility index (Phi) is 8.46. The maximum absolute atomic E-state index is 14.3. The van der Waals surface area contributed by atoms with Gasteiger partial charge in [0.2, 0.25) is 0 Å². The van der Waals surface area contributed by atoms with Crippen LogP contribution in [0, 0.1) is 5.92 Å². The van der Waals surface area contributed by atoms with Gasteiger partial charge in [-0.25, -0.2) is 13.8 Å². The molecule has 3 aromatic rings. The van der Waals surface area contributed by atoms with Crippen LogP contribution in [-0.2, 0) is 11.6 Å². The van der Waals surface area contributed by atoms with Crippen LogP contribution >= 0.6 is 0 Å². The van der Waals surface area contributed by atoms with E-state index in [-0.39, 0.29) is 47.6 Å². The van der Waals surface area contributed by atoms with E-state index in [0.29, 0.717) is 34.0 Å². The van der Waals surface area contributed by atoms with E-state index in [1.807, 2.05) is 0 Å². The molecule has 1 aromatic heterocycles. The van der Waals surface area contributed by atoms with Crippen LogP contribution in [-0.4, -0.2) is 44.5 Å². The van der Waals surface area contributed by atoms with Crippen molar-refractivity contribution in [2.24, 2.45) is 11.7 Å². The van der Waals surface area contributed by atoms with E-state index >= 15 is 0 Å². The molecule has 1 atom stereocenters. The topological polar surface area (TPSA) is 112 Å². The van der Waals surface area contributed by atoms with Crippen molar-refractivity contribution in [2.75, 3.05) is 39.3 Å². The molecule has 5 N–H and O–H groups in total. The Morgan fingerprint density at radius 2 is 1.86 bits per heavy atom. The lowest BCUT2D eigenvalue weighted by Crippen LogP contribution is -2.33. The molecule has 1 aliphatic heterocycles. The van der Waals surface area contributed by atoms with Gasteiger partial charge in [-0.05, 0) is 62.1 Å². The van der Waals surface area contributed by atoms with Gasteiger partial charge in [-0.1, -0.05) is 12.1 Å². The second kappa shape index (κ2) is 12.0. The van der Waals surface area contributed by atoms with Crippen molar-refractivity contribution in [2.45, 2.75) is 37.3 Å². The highest BCUT2D eigenvalue weighted by atomic mass is 19.4. The van der Waals surface area contributed by atoms with Crippen LogP contribution in [0.15, 0.2) is 48.2 Å². The lowest BCUT2D eigenvalue weighted by Gasteiger charge is -2.23. The molecule has 2 aliphatic rings. The summed E-state index contributed by atoms with van der Waals surface area (Å²) in [6.07, 6.45) is -1.21. The van der Waals surface area contributed by atoms with Crippen molar-refractivity contribution in [1.29, 1.82) is 0 Å². The zero-order valence-electron chi connectivity index (χ0n) is 24.2. The number of nitrogens with zero attached hydrogens (tertiary/aromatic N) is 1. The van der Waals surface area contributed by atoms with E-state index in [4.69, 9.17) is 25.9 Å². The van der Waals surface area contributed by atoms with E-state index in [1.54, 1.807) is 25.1 Å². The number of halogens is 5. The minimum Gasteiger partial charge on any atom is -0.495 e. The predicted octanol–water partition coefficient (Wildman–Crippen LogP) is 6.17. The molecule has 0 radical (unpaired) electrons. The number of allylic oxidation sites excluding steroid dienone is 1. The average Bonchev–Trinajstić information content (AvgIpc) is 3.77. The average molecular weight is 617 g/mol. The molecule has 0 spiro atoms. The number of fused-ring (bicyclic) bond motifs is 1. The summed E-state index contributed by atoms with van der Waals surface area (Å²) in [4.78, 5) is 18.1. The highest BCUT2D eigenvalue weighted by Crippen LogP contribution is 2.49. The first-order chi connectivity index (χ1) is 20.9. The van der Waals surface area contributed by atoms with Crippen LogP contribution in [0.4, 0.5) is 27.6 Å². The van der Waals surface area contributed by atoms with Crippen molar-refractivity contribution in [3.8, 4) is 22.8 Å². The number of nitrogens with one attached hydrogen (secondary N) is 1. The first kappa shape index (κ1) is 31.1. The van der Waals surface area contributed by atoms with E-state index in [0.717, 1.165) is 25.0 Å². The summed E-state index contributed by atoms with van der Waals surface area (Å²) in [7, 11) is 1.44. The normalized spacial score (nSPS) is 16.7. The summed E-state index contributed by atoms with van der Waals surface area (Å²) in [5, 5.41) is 2.94.